The van der Waals surface area contributed by atoms with Crippen molar-refractivity contribution in [3.05, 3.63) is 112 Å². The number of pyridine rings is 1. The average molecular weight is 550 g/mol. The van der Waals surface area contributed by atoms with Crippen molar-refractivity contribution in [2.45, 2.75) is 38.4 Å². The maximum Gasteiger partial charge on any atom is 0.171 e. The predicted octanol–water partition coefficient (Wildman–Crippen LogP) is 6.98. The molecule has 1 atom stereocenters. The summed E-state index contributed by atoms with van der Waals surface area (Å²) in [5.74, 6) is -0.367. The van der Waals surface area contributed by atoms with Crippen LogP contribution >= 0.6 is 11.6 Å². The van der Waals surface area contributed by atoms with Crippen LogP contribution in [0.4, 0.5) is 0 Å². The Hall–Kier alpha value is -3.03. The number of aryl methyl sites for hydroxylation is 1. The van der Waals surface area contributed by atoms with Crippen LogP contribution in [0.2, 0.25) is 5.02 Å². The Balaban J connectivity index is 1.57. The van der Waals surface area contributed by atoms with Crippen LogP contribution in [0.1, 0.15) is 54.3 Å². The summed E-state index contributed by atoms with van der Waals surface area (Å²) < 4.78 is 29.7. The molecule has 0 unspecified atom stereocenters. The lowest BCUT2D eigenvalue weighted by Gasteiger charge is -2.23. The van der Waals surface area contributed by atoms with E-state index in [0.29, 0.717) is 17.9 Å². The maximum atomic E-state index is 11.9. The van der Waals surface area contributed by atoms with Crippen LogP contribution in [-0.4, -0.2) is 30.7 Å². The summed E-state index contributed by atoms with van der Waals surface area (Å²) in [5.41, 5.74) is 4.34. The summed E-state index contributed by atoms with van der Waals surface area (Å²) in [6.07, 6.45) is 5.82. The number of fused-ring (bicyclic) bond motifs is 1. The fourth-order valence-electron chi connectivity index (χ4n) is 4.42. The van der Waals surface area contributed by atoms with E-state index in [1.165, 1.54) is 0 Å². The monoisotopic (exact) mass is 549 g/mol. The highest BCUT2D eigenvalue weighted by molar-refractivity contribution is 7.90. The van der Waals surface area contributed by atoms with Gasteiger partial charge in [-0.2, -0.15) is 0 Å². The van der Waals surface area contributed by atoms with Gasteiger partial charge in [0.05, 0.1) is 22.9 Å². The molecule has 4 rings (SSSR count). The Kier molecular flexibility index (Phi) is 8.68. The van der Waals surface area contributed by atoms with E-state index >= 15 is 0 Å². The number of benzene rings is 3. The van der Waals surface area contributed by atoms with Crippen LogP contribution in [0.3, 0.4) is 0 Å². The molecule has 0 saturated carbocycles. The molecule has 1 aromatic heterocycles. The SMILES string of the molecule is CC(C)(O)c1ccccc1CC[C@H](OCS(C)(=O)=O)c1cccc(/C=C/c2ccc3ccc(Cl)cc3n2)c1. The molecule has 0 aliphatic carbocycles. The lowest BCUT2D eigenvalue weighted by Crippen LogP contribution is -2.19. The molecular weight excluding hydrogens is 518 g/mol. The summed E-state index contributed by atoms with van der Waals surface area (Å²) >= 11 is 6.12. The summed E-state index contributed by atoms with van der Waals surface area (Å²) in [4.78, 5) is 4.67. The Morgan fingerprint density at radius 1 is 1.00 bits per heavy atom. The van der Waals surface area contributed by atoms with Crippen LogP contribution in [0, 0.1) is 0 Å². The number of aliphatic hydroxyl groups is 1. The molecule has 38 heavy (non-hydrogen) atoms. The van der Waals surface area contributed by atoms with E-state index in [2.05, 4.69) is 4.98 Å². The van der Waals surface area contributed by atoms with Crippen LogP contribution < -0.4 is 0 Å². The molecule has 4 aromatic rings. The van der Waals surface area contributed by atoms with Gasteiger partial charge in [-0.3, -0.25) is 0 Å². The molecular formula is C31H32ClNO4S. The first-order valence-corrected chi connectivity index (χ1v) is 14.9. The van der Waals surface area contributed by atoms with Crippen molar-refractivity contribution in [2.24, 2.45) is 0 Å². The van der Waals surface area contributed by atoms with Gasteiger partial charge < -0.3 is 9.84 Å². The van der Waals surface area contributed by atoms with Gasteiger partial charge in [0, 0.05) is 16.7 Å². The van der Waals surface area contributed by atoms with Crippen molar-refractivity contribution < 1.29 is 18.3 Å². The number of hydrogen-bond acceptors (Lipinski definition) is 5. The van der Waals surface area contributed by atoms with Crippen molar-refractivity contribution in [3.8, 4) is 0 Å². The molecule has 5 nitrogen and oxygen atoms in total. The minimum atomic E-state index is -3.31. The topological polar surface area (TPSA) is 76.5 Å². The molecule has 0 bridgehead atoms. The summed E-state index contributed by atoms with van der Waals surface area (Å²) in [6.45, 7) is 3.52. The van der Waals surface area contributed by atoms with Gasteiger partial charge in [-0.05, 0) is 79.3 Å². The predicted molar refractivity (Wildman–Crippen MR) is 156 cm³/mol. The lowest BCUT2D eigenvalue weighted by molar-refractivity contribution is 0.0731. The first-order valence-electron chi connectivity index (χ1n) is 12.4. The highest BCUT2D eigenvalue weighted by Gasteiger charge is 2.21. The Bertz CT molecular complexity index is 1560. The molecule has 0 saturated heterocycles. The first kappa shape index (κ1) is 28.0. The molecule has 198 valence electrons. The van der Waals surface area contributed by atoms with Crippen molar-refractivity contribution in [2.75, 3.05) is 12.2 Å². The summed E-state index contributed by atoms with van der Waals surface area (Å²) in [5, 5.41) is 12.3. The molecule has 0 aliphatic heterocycles. The van der Waals surface area contributed by atoms with Gasteiger partial charge in [-0.1, -0.05) is 72.3 Å². The summed E-state index contributed by atoms with van der Waals surface area (Å²) in [7, 11) is -3.31. The van der Waals surface area contributed by atoms with Gasteiger partial charge in [-0.15, -0.1) is 0 Å². The zero-order valence-corrected chi connectivity index (χ0v) is 23.3. The van der Waals surface area contributed by atoms with Gasteiger partial charge in [0.2, 0.25) is 0 Å². The maximum absolute atomic E-state index is 11.9. The van der Waals surface area contributed by atoms with Crippen molar-refractivity contribution >= 4 is 44.5 Å². The molecule has 1 heterocycles. The van der Waals surface area contributed by atoms with E-state index in [1.807, 2.05) is 91.0 Å². The quantitative estimate of drug-likeness (QED) is 0.231. The van der Waals surface area contributed by atoms with Crippen LogP contribution in [0.15, 0.2) is 78.9 Å². The fraction of sp³-hybridized carbons (Fsp3) is 0.258. The number of aromatic nitrogens is 1. The van der Waals surface area contributed by atoms with Crippen molar-refractivity contribution in [1.29, 1.82) is 0 Å². The van der Waals surface area contributed by atoms with Crippen LogP contribution in [0.25, 0.3) is 23.1 Å². The zero-order valence-electron chi connectivity index (χ0n) is 21.8. The highest BCUT2D eigenvalue weighted by Crippen LogP contribution is 2.29. The Morgan fingerprint density at radius 2 is 1.76 bits per heavy atom. The second kappa shape index (κ2) is 11.8. The van der Waals surface area contributed by atoms with Crippen LogP contribution in [0.5, 0.6) is 0 Å². The van der Waals surface area contributed by atoms with E-state index in [9.17, 15) is 13.5 Å². The van der Waals surface area contributed by atoms with Crippen LogP contribution in [-0.2, 0) is 26.6 Å². The second-order valence-electron chi connectivity index (χ2n) is 10.0. The normalized spacial score (nSPS) is 13.3. The summed E-state index contributed by atoms with van der Waals surface area (Å²) in [6, 6.07) is 25.2. The first-order chi connectivity index (χ1) is 18.0. The average Bonchev–Trinajstić information content (AvgIpc) is 2.86. The molecule has 0 spiro atoms. The van der Waals surface area contributed by atoms with E-state index < -0.39 is 21.5 Å². The third-order valence-corrected chi connectivity index (χ3v) is 7.04. The number of halogens is 1. The van der Waals surface area contributed by atoms with Gasteiger partial charge >= 0.3 is 0 Å². The molecule has 1 N–H and O–H groups in total. The van der Waals surface area contributed by atoms with Crippen molar-refractivity contribution in [3.63, 3.8) is 0 Å². The largest absolute Gasteiger partial charge is 0.386 e. The minimum absolute atomic E-state index is 0.367. The number of rotatable bonds is 10. The third-order valence-electron chi connectivity index (χ3n) is 6.24. The molecule has 0 amide bonds. The van der Waals surface area contributed by atoms with E-state index in [0.717, 1.165) is 45.1 Å². The third kappa shape index (κ3) is 7.74. The van der Waals surface area contributed by atoms with E-state index in [4.69, 9.17) is 16.3 Å². The molecule has 0 radical (unpaired) electrons. The Labute approximate surface area is 229 Å². The van der Waals surface area contributed by atoms with E-state index in [1.54, 1.807) is 13.8 Å². The number of sulfone groups is 1. The number of nitrogens with zero attached hydrogens (tertiary/aromatic N) is 1. The van der Waals surface area contributed by atoms with Gasteiger partial charge in [0.25, 0.3) is 0 Å². The minimum Gasteiger partial charge on any atom is -0.386 e. The molecule has 0 fully saturated rings. The van der Waals surface area contributed by atoms with Gasteiger partial charge in [-0.25, -0.2) is 13.4 Å². The number of ether oxygens (including phenoxy) is 1. The van der Waals surface area contributed by atoms with Gasteiger partial charge in [0.15, 0.2) is 9.84 Å². The Morgan fingerprint density at radius 3 is 2.53 bits per heavy atom. The second-order valence-corrected chi connectivity index (χ2v) is 12.6. The zero-order chi connectivity index (χ0) is 27.3. The van der Waals surface area contributed by atoms with Gasteiger partial charge in [0.1, 0.15) is 5.94 Å². The molecule has 3 aromatic carbocycles. The lowest BCUT2D eigenvalue weighted by atomic mass is 9.90. The fourth-order valence-corrected chi connectivity index (χ4v) is 4.99. The molecule has 7 heteroatoms. The van der Waals surface area contributed by atoms with Crippen molar-refractivity contribution in [1.82, 2.24) is 4.98 Å². The van der Waals surface area contributed by atoms with E-state index in [-0.39, 0.29) is 5.94 Å². The smallest absolute Gasteiger partial charge is 0.171 e. The standard InChI is InChI=1S/C31H32ClNO4S/c1-31(2,34)28-10-5-4-8-23(28)14-18-30(37-21-38(3,35)36)25-9-6-7-22(19-25)11-16-27-17-13-24-12-15-26(32)20-29(24)33-27/h4-13,15-17,19-20,30,34H,14,18,21H2,1-3H3/b16-11+/t30-/m0/s1. The molecule has 0 aliphatic rings. The highest BCUT2D eigenvalue weighted by atomic mass is 35.5. The number of hydrogen-bond donors (Lipinski definition) is 1.